The predicted octanol–water partition coefficient (Wildman–Crippen LogP) is 3.33. The topological polar surface area (TPSA) is 55.1 Å². The maximum absolute atomic E-state index is 13.0. The number of carbonyl (C=O) groups is 1. The highest BCUT2D eigenvalue weighted by Crippen LogP contribution is 2.19. The molecule has 0 aliphatic heterocycles. The fourth-order valence-electron chi connectivity index (χ4n) is 1.60. The average molecular weight is 266 g/mol. The molecule has 0 atom stereocenters. The summed E-state index contributed by atoms with van der Waals surface area (Å²) in [6.45, 7) is 3.73. The van der Waals surface area contributed by atoms with Crippen LogP contribution in [-0.2, 0) is 0 Å². The molecule has 0 saturated carbocycles. The minimum atomic E-state index is -1.03. The van der Waals surface area contributed by atoms with Crippen LogP contribution in [0.25, 0.3) is 0 Å². The van der Waals surface area contributed by atoms with Crippen molar-refractivity contribution in [1.82, 2.24) is 4.98 Å². The third-order valence-corrected chi connectivity index (χ3v) is 2.53. The summed E-state index contributed by atoms with van der Waals surface area (Å²) in [4.78, 5) is 15.9. The second kappa shape index (κ2) is 5.17. The highest BCUT2D eigenvalue weighted by Gasteiger charge is 2.19. The summed E-state index contributed by atoms with van der Waals surface area (Å²) in [7, 11) is 0. The van der Waals surface area contributed by atoms with E-state index in [9.17, 15) is 13.6 Å². The Morgan fingerprint density at radius 3 is 2.68 bits per heavy atom. The van der Waals surface area contributed by atoms with E-state index in [1.807, 2.05) is 13.8 Å². The molecule has 1 aromatic heterocycles. The molecule has 0 aliphatic carbocycles. The lowest BCUT2D eigenvalue weighted by Crippen LogP contribution is -2.14. The van der Waals surface area contributed by atoms with Gasteiger partial charge >= 0.3 is 0 Å². The van der Waals surface area contributed by atoms with E-state index in [4.69, 9.17) is 4.42 Å². The van der Waals surface area contributed by atoms with Crippen molar-refractivity contribution < 1.29 is 18.0 Å². The number of aromatic nitrogens is 1. The van der Waals surface area contributed by atoms with Crippen molar-refractivity contribution >= 4 is 11.6 Å². The molecule has 100 valence electrons. The molecule has 0 spiro atoms. The number of anilines is 1. The molecule has 1 heterocycles. The SMILES string of the molecule is CC(C)c1ncoc1C(=O)Nc1ccc(F)c(F)c1. The number of carbonyl (C=O) groups excluding carboxylic acids is 1. The summed E-state index contributed by atoms with van der Waals surface area (Å²) in [5.41, 5.74) is 0.662. The summed E-state index contributed by atoms with van der Waals surface area (Å²) in [5, 5.41) is 2.43. The van der Waals surface area contributed by atoms with Crippen LogP contribution in [0.2, 0.25) is 0 Å². The monoisotopic (exact) mass is 266 g/mol. The third-order valence-electron chi connectivity index (χ3n) is 2.53. The first-order valence-corrected chi connectivity index (χ1v) is 5.69. The normalized spacial score (nSPS) is 10.8. The molecule has 6 heteroatoms. The Morgan fingerprint density at radius 1 is 1.32 bits per heavy atom. The van der Waals surface area contributed by atoms with E-state index in [-0.39, 0.29) is 17.4 Å². The van der Waals surface area contributed by atoms with Gasteiger partial charge in [-0.05, 0) is 18.1 Å². The van der Waals surface area contributed by atoms with E-state index >= 15 is 0 Å². The predicted molar refractivity (Wildman–Crippen MR) is 64.9 cm³/mol. The number of nitrogens with zero attached hydrogens (tertiary/aromatic N) is 1. The second-order valence-electron chi connectivity index (χ2n) is 4.30. The molecule has 0 radical (unpaired) electrons. The quantitative estimate of drug-likeness (QED) is 0.927. The van der Waals surface area contributed by atoms with Crippen LogP contribution in [0, 0.1) is 11.6 Å². The number of oxazole rings is 1. The van der Waals surface area contributed by atoms with E-state index in [1.165, 1.54) is 12.5 Å². The van der Waals surface area contributed by atoms with Crippen molar-refractivity contribution in [3.8, 4) is 0 Å². The van der Waals surface area contributed by atoms with Gasteiger partial charge in [0.1, 0.15) is 0 Å². The van der Waals surface area contributed by atoms with Gasteiger partial charge in [-0.2, -0.15) is 0 Å². The van der Waals surface area contributed by atoms with Crippen LogP contribution < -0.4 is 5.32 Å². The maximum atomic E-state index is 13.0. The maximum Gasteiger partial charge on any atom is 0.293 e. The Bertz CT molecular complexity index is 608. The highest BCUT2D eigenvalue weighted by molar-refractivity contribution is 6.03. The molecule has 2 rings (SSSR count). The molecule has 0 aliphatic rings. The summed E-state index contributed by atoms with van der Waals surface area (Å²) in [5.74, 6) is -2.46. The lowest BCUT2D eigenvalue weighted by atomic mass is 10.1. The molecule has 1 N–H and O–H groups in total. The lowest BCUT2D eigenvalue weighted by molar-refractivity contribution is 0.0995. The van der Waals surface area contributed by atoms with Crippen LogP contribution >= 0.6 is 0 Å². The van der Waals surface area contributed by atoms with Gasteiger partial charge in [-0.25, -0.2) is 13.8 Å². The van der Waals surface area contributed by atoms with Gasteiger partial charge in [0.05, 0.1) is 5.69 Å². The molecule has 19 heavy (non-hydrogen) atoms. The number of rotatable bonds is 3. The van der Waals surface area contributed by atoms with E-state index in [0.717, 1.165) is 12.1 Å². The Kier molecular flexibility index (Phi) is 3.59. The van der Waals surface area contributed by atoms with Crippen LogP contribution in [0.3, 0.4) is 0 Å². The molecular formula is C13H12F2N2O2. The third kappa shape index (κ3) is 2.78. The first-order chi connectivity index (χ1) is 8.99. The van der Waals surface area contributed by atoms with Crippen LogP contribution in [0.1, 0.15) is 36.0 Å². The average Bonchev–Trinajstić information content (AvgIpc) is 2.83. The zero-order valence-electron chi connectivity index (χ0n) is 10.4. The first-order valence-electron chi connectivity index (χ1n) is 5.69. The van der Waals surface area contributed by atoms with Gasteiger partial charge in [0.15, 0.2) is 18.0 Å². The van der Waals surface area contributed by atoms with E-state index in [2.05, 4.69) is 10.3 Å². The minimum Gasteiger partial charge on any atom is -0.438 e. The van der Waals surface area contributed by atoms with E-state index < -0.39 is 17.5 Å². The molecule has 0 saturated heterocycles. The van der Waals surface area contributed by atoms with Crippen molar-refractivity contribution in [2.45, 2.75) is 19.8 Å². The molecule has 1 aromatic carbocycles. The molecule has 0 fully saturated rings. The van der Waals surface area contributed by atoms with Crippen LogP contribution in [0.4, 0.5) is 14.5 Å². The van der Waals surface area contributed by atoms with Crippen molar-refractivity contribution in [2.75, 3.05) is 5.32 Å². The fraction of sp³-hybridized carbons (Fsp3) is 0.231. The Hall–Kier alpha value is -2.24. The lowest BCUT2D eigenvalue weighted by Gasteiger charge is -2.06. The van der Waals surface area contributed by atoms with E-state index in [1.54, 1.807) is 0 Å². The van der Waals surface area contributed by atoms with E-state index in [0.29, 0.717) is 5.69 Å². The summed E-state index contributed by atoms with van der Waals surface area (Å²) in [6.07, 6.45) is 1.18. The summed E-state index contributed by atoms with van der Waals surface area (Å²) >= 11 is 0. The van der Waals surface area contributed by atoms with Crippen molar-refractivity contribution in [1.29, 1.82) is 0 Å². The zero-order valence-corrected chi connectivity index (χ0v) is 10.4. The van der Waals surface area contributed by atoms with Gasteiger partial charge in [0.2, 0.25) is 5.76 Å². The fourth-order valence-corrected chi connectivity index (χ4v) is 1.60. The Morgan fingerprint density at radius 2 is 2.05 bits per heavy atom. The summed E-state index contributed by atoms with van der Waals surface area (Å²) in [6, 6.07) is 3.11. The molecule has 0 unspecified atom stereocenters. The number of amides is 1. The van der Waals surface area contributed by atoms with Gasteiger partial charge in [0.25, 0.3) is 5.91 Å². The van der Waals surface area contributed by atoms with Crippen molar-refractivity contribution in [2.24, 2.45) is 0 Å². The Labute approximate surface area is 108 Å². The minimum absolute atomic E-state index is 0.0180. The van der Waals surface area contributed by atoms with Gasteiger partial charge in [0, 0.05) is 11.8 Å². The van der Waals surface area contributed by atoms with Gasteiger partial charge in [-0.15, -0.1) is 0 Å². The zero-order chi connectivity index (χ0) is 14.0. The number of benzene rings is 1. The van der Waals surface area contributed by atoms with Gasteiger partial charge in [-0.1, -0.05) is 13.8 Å². The molecule has 1 amide bonds. The van der Waals surface area contributed by atoms with Crippen LogP contribution in [-0.4, -0.2) is 10.9 Å². The van der Waals surface area contributed by atoms with Gasteiger partial charge in [-0.3, -0.25) is 4.79 Å². The number of halogens is 2. The molecule has 0 bridgehead atoms. The first kappa shape index (κ1) is 13.2. The van der Waals surface area contributed by atoms with Crippen molar-refractivity contribution in [3.05, 3.63) is 47.7 Å². The largest absolute Gasteiger partial charge is 0.438 e. The van der Waals surface area contributed by atoms with Crippen LogP contribution in [0.15, 0.2) is 29.0 Å². The van der Waals surface area contributed by atoms with Crippen LogP contribution in [0.5, 0.6) is 0 Å². The molecular weight excluding hydrogens is 254 g/mol. The number of hydrogen-bond acceptors (Lipinski definition) is 3. The van der Waals surface area contributed by atoms with Crippen molar-refractivity contribution in [3.63, 3.8) is 0 Å². The molecule has 2 aromatic rings. The second-order valence-corrected chi connectivity index (χ2v) is 4.30. The van der Waals surface area contributed by atoms with Gasteiger partial charge < -0.3 is 9.73 Å². The number of nitrogens with one attached hydrogen (secondary N) is 1. The number of hydrogen-bond donors (Lipinski definition) is 1. The smallest absolute Gasteiger partial charge is 0.293 e. The highest BCUT2D eigenvalue weighted by atomic mass is 19.2. The molecule has 4 nitrogen and oxygen atoms in total. The Balaban J connectivity index is 2.21. The standard InChI is InChI=1S/C13H12F2N2O2/c1-7(2)11-12(19-6-16-11)13(18)17-8-3-4-9(14)10(15)5-8/h3-7H,1-2H3,(H,17,18). The summed E-state index contributed by atoms with van der Waals surface area (Å²) < 4.78 is 30.8.